The summed E-state index contributed by atoms with van der Waals surface area (Å²) in [6.45, 7) is 12.4. The number of rotatable bonds is 6. The third-order valence-electron chi connectivity index (χ3n) is 6.02. The minimum absolute atomic E-state index is 0.536. The van der Waals surface area contributed by atoms with Crippen molar-refractivity contribution in [3.8, 4) is 0 Å². The molecule has 3 aromatic rings. The number of aliphatic imine (C=N–C) groups is 3. The molecule has 4 rings (SSSR count). The summed E-state index contributed by atoms with van der Waals surface area (Å²) < 4.78 is 1.78. The van der Waals surface area contributed by atoms with Crippen molar-refractivity contribution >= 4 is 34.6 Å². The quantitative estimate of drug-likeness (QED) is 0.516. The Bertz CT molecular complexity index is 1270. The topological polar surface area (TPSA) is 61.4 Å². The highest BCUT2D eigenvalue weighted by atomic mass is 15.4. The number of hydrogen-bond donors (Lipinski definition) is 0. The van der Waals surface area contributed by atoms with E-state index in [1.54, 1.807) is 4.68 Å². The first-order valence-electron chi connectivity index (χ1n) is 11.7. The first-order valence-corrected chi connectivity index (χ1v) is 11.7. The molecule has 0 atom stereocenters. The number of hydrogen-bond acceptors (Lipinski definition) is 5. The number of amidine groups is 1. The van der Waals surface area contributed by atoms with Gasteiger partial charge in [-0.3, -0.25) is 0 Å². The Labute approximate surface area is 202 Å². The Hall–Kier alpha value is -3.74. The van der Waals surface area contributed by atoms with Crippen LogP contribution in [0.5, 0.6) is 0 Å². The molecule has 2 aromatic carbocycles. The van der Waals surface area contributed by atoms with Crippen LogP contribution in [0, 0.1) is 20.8 Å². The average Bonchev–Trinajstić information content (AvgIpc) is 3.38. The number of aromatic nitrogens is 2. The van der Waals surface area contributed by atoms with E-state index in [-0.39, 0.29) is 0 Å². The highest BCUT2D eigenvalue weighted by Crippen LogP contribution is 2.27. The number of benzene rings is 2. The lowest BCUT2D eigenvalue weighted by atomic mass is 10.1. The molecule has 0 spiro atoms. The lowest BCUT2D eigenvalue weighted by molar-refractivity contribution is 0.865. The van der Waals surface area contributed by atoms with Crippen molar-refractivity contribution in [1.29, 1.82) is 0 Å². The fraction of sp³-hybridized carbons (Fsp3) is 0.333. The van der Waals surface area contributed by atoms with Crippen LogP contribution in [0.15, 0.2) is 63.5 Å². The van der Waals surface area contributed by atoms with Crippen LogP contribution in [0.1, 0.15) is 36.4 Å². The van der Waals surface area contributed by atoms with Crippen molar-refractivity contribution in [1.82, 2.24) is 9.78 Å². The Morgan fingerprint density at radius 3 is 2.09 bits per heavy atom. The normalized spacial score (nSPS) is 14.4. The van der Waals surface area contributed by atoms with Gasteiger partial charge in [0.25, 0.3) is 5.96 Å². The highest BCUT2D eigenvalue weighted by molar-refractivity contribution is 6.53. The van der Waals surface area contributed by atoms with Crippen LogP contribution in [0.2, 0.25) is 0 Å². The monoisotopic (exact) mass is 455 g/mol. The number of nitrogens with zero attached hydrogens (tertiary/aromatic N) is 7. The van der Waals surface area contributed by atoms with Gasteiger partial charge in [-0.2, -0.15) is 10.1 Å². The Kier molecular flexibility index (Phi) is 6.63. The maximum Gasteiger partial charge on any atom is 0.253 e. The van der Waals surface area contributed by atoms with Gasteiger partial charge in [-0.15, -0.1) is 0 Å². The van der Waals surface area contributed by atoms with E-state index in [4.69, 9.17) is 15.0 Å². The van der Waals surface area contributed by atoms with Gasteiger partial charge >= 0.3 is 0 Å². The molecule has 0 saturated carbocycles. The zero-order valence-electron chi connectivity index (χ0n) is 21.2. The fourth-order valence-corrected chi connectivity index (χ4v) is 4.10. The summed E-state index contributed by atoms with van der Waals surface area (Å²) >= 11 is 0. The minimum Gasteiger partial charge on any atom is -0.378 e. The van der Waals surface area contributed by atoms with Crippen molar-refractivity contribution in [2.75, 3.05) is 37.0 Å². The van der Waals surface area contributed by atoms with Gasteiger partial charge in [-0.25, -0.2) is 14.7 Å². The van der Waals surface area contributed by atoms with Crippen LogP contribution < -0.4 is 9.80 Å². The van der Waals surface area contributed by atoms with Gasteiger partial charge in [0.1, 0.15) is 5.71 Å². The second-order valence-corrected chi connectivity index (χ2v) is 8.73. The average molecular weight is 456 g/mol. The summed E-state index contributed by atoms with van der Waals surface area (Å²) in [7, 11) is 4.06. The van der Waals surface area contributed by atoms with Crippen LogP contribution in [0.25, 0.3) is 0 Å². The van der Waals surface area contributed by atoms with E-state index < -0.39 is 0 Å². The largest absolute Gasteiger partial charge is 0.378 e. The molecule has 7 nitrogen and oxygen atoms in total. The van der Waals surface area contributed by atoms with Crippen molar-refractivity contribution in [2.24, 2.45) is 15.0 Å². The van der Waals surface area contributed by atoms with E-state index >= 15 is 0 Å². The Balaban J connectivity index is 1.78. The zero-order chi connectivity index (χ0) is 24.4. The molecule has 176 valence electrons. The molecule has 0 aliphatic carbocycles. The van der Waals surface area contributed by atoms with E-state index in [2.05, 4.69) is 78.1 Å². The van der Waals surface area contributed by atoms with Crippen molar-refractivity contribution in [3.63, 3.8) is 0 Å². The molecule has 1 aromatic heterocycles. The summed E-state index contributed by atoms with van der Waals surface area (Å²) in [4.78, 5) is 19.1. The minimum atomic E-state index is 0.536. The zero-order valence-corrected chi connectivity index (χ0v) is 21.2. The Morgan fingerprint density at radius 1 is 0.853 bits per heavy atom. The third-order valence-corrected chi connectivity index (χ3v) is 6.02. The Morgan fingerprint density at radius 2 is 1.53 bits per heavy atom. The maximum atomic E-state index is 4.97. The highest BCUT2D eigenvalue weighted by Gasteiger charge is 2.23. The van der Waals surface area contributed by atoms with Gasteiger partial charge < -0.3 is 9.80 Å². The van der Waals surface area contributed by atoms with Crippen LogP contribution in [0.3, 0.4) is 0 Å². The lowest BCUT2D eigenvalue weighted by Gasteiger charge is -2.21. The molecule has 1 aliphatic heterocycles. The van der Waals surface area contributed by atoms with Crippen LogP contribution >= 0.6 is 0 Å². The first kappa shape index (κ1) is 23.4. The maximum absolute atomic E-state index is 4.97. The van der Waals surface area contributed by atoms with E-state index in [1.807, 2.05) is 34.0 Å². The van der Waals surface area contributed by atoms with Crippen LogP contribution in [0.4, 0.5) is 17.1 Å². The van der Waals surface area contributed by atoms with Crippen LogP contribution in [-0.2, 0) is 0 Å². The molecule has 0 fully saturated rings. The van der Waals surface area contributed by atoms with Gasteiger partial charge in [0.2, 0.25) is 0 Å². The first-order chi connectivity index (χ1) is 16.3. The van der Waals surface area contributed by atoms with E-state index in [0.29, 0.717) is 11.8 Å². The van der Waals surface area contributed by atoms with Gasteiger partial charge in [-0.1, -0.05) is 12.1 Å². The molecule has 34 heavy (non-hydrogen) atoms. The molecule has 0 N–H and O–H groups in total. The predicted octanol–water partition coefficient (Wildman–Crippen LogP) is 5.16. The molecule has 0 saturated heterocycles. The van der Waals surface area contributed by atoms with E-state index in [1.165, 1.54) is 5.69 Å². The predicted molar refractivity (Wildman–Crippen MR) is 144 cm³/mol. The third kappa shape index (κ3) is 4.64. The smallest absolute Gasteiger partial charge is 0.253 e. The molecule has 0 bridgehead atoms. The molecule has 1 aliphatic rings. The van der Waals surface area contributed by atoms with Crippen molar-refractivity contribution in [3.05, 3.63) is 71.0 Å². The van der Waals surface area contributed by atoms with Crippen LogP contribution in [-0.4, -0.2) is 54.5 Å². The molecule has 7 heteroatoms. The molecule has 0 radical (unpaired) electrons. The second kappa shape index (κ2) is 9.63. The van der Waals surface area contributed by atoms with Crippen molar-refractivity contribution in [2.45, 2.75) is 34.6 Å². The summed E-state index contributed by atoms with van der Waals surface area (Å²) in [6.07, 6.45) is 0. The number of aryl methyl sites for hydroxylation is 3. The standard InChI is InChI=1S/C27H33N7/c1-8-33(9-2)23-14-15-24(18(3)16-23)28-26-25(21-10-12-22(13-11-21)32(6)7)29-27(30-26)34-20(5)17-19(4)31-34/h10-17H,8-9H2,1-7H3. The SMILES string of the molecule is CCN(CC)c1ccc(N=C2N=C(n3nc(C)cc3C)N=C2c2ccc(N(C)C)cc2)c(C)c1. The van der Waals surface area contributed by atoms with Gasteiger partial charge in [-0.05, 0) is 76.6 Å². The lowest BCUT2D eigenvalue weighted by Crippen LogP contribution is -2.21. The molecular weight excluding hydrogens is 422 g/mol. The van der Waals surface area contributed by atoms with Gasteiger partial charge in [0.05, 0.1) is 11.4 Å². The summed E-state index contributed by atoms with van der Waals surface area (Å²) in [5.74, 6) is 1.13. The van der Waals surface area contributed by atoms with E-state index in [0.717, 1.165) is 52.7 Å². The van der Waals surface area contributed by atoms with Gasteiger partial charge in [0, 0.05) is 49.8 Å². The molecule has 2 heterocycles. The second-order valence-electron chi connectivity index (χ2n) is 8.73. The number of anilines is 2. The van der Waals surface area contributed by atoms with E-state index in [9.17, 15) is 0 Å². The summed E-state index contributed by atoms with van der Waals surface area (Å²) in [5, 5.41) is 4.58. The van der Waals surface area contributed by atoms with Gasteiger partial charge in [0.15, 0.2) is 5.84 Å². The molecule has 0 unspecified atom stereocenters. The summed E-state index contributed by atoms with van der Waals surface area (Å²) in [5.41, 5.74) is 7.98. The fourth-order valence-electron chi connectivity index (χ4n) is 4.10. The summed E-state index contributed by atoms with van der Waals surface area (Å²) in [6, 6.07) is 16.7. The van der Waals surface area contributed by atoms with Crippen molar-refractivity contribution < 1.29 is 0 Å². The molecule has 0 amide bonds. The molecular formula is C27H33N7.